The van der Waals surface area contributed by atoms with Gasteiger partial charge in [-0.1, -0.05) is 61.9 Å². The van der Waals surface area contributed by atoms with E-state index in [0.29, 0.717) is 23.5 Å². The van der Waals surface area contributed by atoms with E-state index in [0.717, 1.165) is 23.3 Å². The number of esters is 1. The van der Waals surface area contributed by atoms with Crippen molar-refractivity contribution in [2.75, 3.05) is 16.6 Å². The molecule has 0 aliphatic heterocycles. The molecule has 1 unspecified atom stereocenters. The van der Waals surface area contributed by atoms with Crippen LogP contribution in [0.25, 0.3) is 0 Å². The molecule has 0 radical (unpaired) electrons. The summed E-state index contributed by atoms with van der Waals surface area (Å²) in [6, 6.07) is 31.0. The standard InChI is InChI=1S/C31H30N2O5S2/c1-2-3-22-38-31(35)24-14-16-25(17-15-24)32-30(34)29(23-10-6-4-7-11-23)39-27-20-18-26(19-21-27)33-40(36,37)28-12-8-5-9-13-28/h4-21,29,33H,2-3,22H2,1H3,(H,32,34). The van der Waals surface area contributed by atoms with Crippen molar-refractivity contribution in [2.45, 2.75) is 34.8 Å². The summed E-state index contributed by atoms with van der Waals surface area (Å²) in [5.41, 5.74) is 2.21. The Morgan fingerprint density at radius 2 is 1.40 bits per heavy atom. The molecule has 2 N–H and O–H groups in total. The number of amides is 1. The third kappa shape index (κ3) is 7.97. The van der Waals surface area contributed by atoms with Gasteiger partial charge >= 0.3 is 5.97 Å². The van der Waals surface area contributed by atoms with Crippen LogP contribution in [0.1, 0.15) is 40.9 Å². The molecule has 4 aromatic carbocycles. The second-order valence-electron chi connectivity index (χ2n) is 8.91. The van der Waals surface area contributed by atoms with Crippen LogP contribution < -0.4 is 10.0 Å². The highest BCUT2D eigenvalue weighted by Crippen LogP contribution is 2.37. The van der Waals surface area contributed by atoms with Crippen molar-refractivity contribution >= 4 is 45.0 Å². The Bertz CT molecular complexity index is 1510. The number of rotatable bonds is 12. The summed E-state index contributed by atoms with van der Waals surface area (Å²) in [7, 11) is -3.70. The first-order chi connectivity index (χ1) is 19.4. The Kier molecular flexibility index (Phi) is 9.99. The summed E-state index contributed by atoms with van der Waals surface area (Å²) < 4.78 is 33.1. The van der Waals surface area contributed by atoms with Crippen molar-refractivity contribution < 1.29 is 22.7 Å². The van der Waals surface area contributed by atoms with Crippen molar-refractivity contribution in [3.8, 4) is 0 Å². The molecular formula is C31H30N2O5S2. The highest BCUT2D eigenvalue weighted by molar-refractivity contribution is 8.00. The van der Waals surface area contributed by atoms with E-state index in [4.69, 9.17) is 4.74 Å². The number of unbranched alkanes of at least 4 members (excludes halogenated alkanes) is 1. The molecule has 4 aromatic rings. The maximum absolute atomic E-state index is 13.4. The lowest BCUT2D eigenvalue weighted by atomic mass is 10.1. The molecule has 206 valence electrons. The summed E-state index contributed by atoms with van der Waals surface area (Å²) in [5, 5.41) is 2.36. The van der Waals surface area contributed by atoms with Crippen LogP contribution in [0.5, 0.6) is 0 Å². The molecule has 40 heavy (non-hydrogen) atoms. The quantitative estimate of drug-likeness (QED) is 0.108. The minimum Gasteiger partial charge on any atom is -0.462 e. The van der Waals surface area contributed by atoms with Gasteiger partial charge in [-0.2, -0.15) is 0 Å². The molecule has 1 atom stereocenters. The molecule has 7 nitrogen and oxygen atoms in total. The summed E-state index contributed by atoms with van der Waals surface area (Å²) in [6.45, 7) is 2.40. The van der Waals surface area contributed by atoms with Crippen molar-refractivity contribution in [3.63, 3.8) is 0 Å². The van der Waals surface area contributed by atoms with Crippen molar-refractivity contribution in [2.24, 2.45) is 0 Å². The zero-order valence-corrected chi connectivity index (χ0v) is 23.6. The lowest BCUT2D eigenvalue weighted by Gasteiger charge is -2.18. The molecule has 4 rings (SSSR count). The number of nitrogens with one attached hydrogen (secondary N) is 2. The summed E-state index contributed by atoms with van der Waals surface area (Å²) in [6.07, 6.45) is 1.75. The molecule has 0 aromatic heterocycles. The highest BCUT2D eigenvalue weighted by Gasteiger charge is 2.23. The Morgan fingerprint density at radius 3 is 2.02 bits per heavy atom. The van der Waals surface area contributed by atoms with Crippen molar-refractivity contribution in [1.29, 1.82) is 0 Å². The maximum atomic E-state index is 13.4. The van der Waals surface area contributed by atoms with Gasteiger partial charge in [0.25, 0.3) is 10.0 Å². The molecule has 0 spiro atoms. The number of anilines is 2. The fraction of sp³-hybridized carbons (Fsp3) is 0.161. The van der Waals surface area contributed by atoms with E-state index in [9.17, 15) is 18.0 Å². The fourth-order valence-electron chi connectivity index (χ4n) is 3.74. The molecule has 0 bridgehead atoms. The number of hydrogen-bond acceptors (Lipinski definition) is 6. The largest absolute Gasteiger partial charge is 0.462 e. The number of hydrogen-bond donors (Lipinski definition) is 2. The number of thioether (sulfide) groups is 1. The number of sulfonamides is 1. The third-order valence-electron chi connectivity index (χ3n) is 5.87. The van der Waals surface area contributed by atoms with Crippen LogP contribution in [0.3, 0.4) is 0 Å². The second-order valence-corrected chi connectivity index (χ2v) is 11.8. The van der Waals surface area contributed by atoms with Crippen LogP contribution in [0, 0.1) is 0 Å². The molecule has 0 fully saturated rings. The van der Waals surface area contributed by atoms with Crippen LogP contribution in [0.2, 0.25) is 0 Å². The van der Waals surface area contributed by atoms with Gasteiger partial charge in [0, 0.05) is 16.3 Å². The monoisotopic (exact) mass is 574 g/mol. The number of carbonyl (C=O) groups is 2. The van der Waals surface area contributed by atoms with Gasteiger partial charge in [-0.05, 0) is 72.6 Å². The first-order valence-electron chi connectivity index (χ1n) is 12.8. The predicted octanol–water partition coefficient (Wildman–Crippen LogP) is 6.92. The van der Waals surface area contributed by atoms with Crippen LogP contribution in [-0.4, -0.2) is 26.9 Å². The van der Waals surface area contributed by atoms with E-state index in [-0.39, 0.29) is 10.8 Å². The Hall–Kier alpha value is -4.08. The minimum atomic E-state index is -3.70. The molecule has 0 aliphatic rings. The van der Waals surface area contributed by atoms with Gasteiger partial charge in [0.15, 0.2) is 0 Å². The van der Waals surface area contributed by atoms with Crippen LogP contribution in [0.15, 0.2) is 119 Å². The van der Waals surface area contributed by atoms with Crippen LogP contribution in [0.4, 0.5) is 11.4 Å². The summed E-state index contributed by atoms with van der Waals surface area (Å²) in [4.78, 5) is 26.5. The lowest BCUT2D eigenvalue weighted by molar-refractivity contribution is -0.115. The minimum absolute atomic E-state index is 0.177. The zero-order chi connectivity index (χ0) is 28.4. The summed E-state index contributed by atoms with van der Waals surface area (Å²) in [5.74, 6) is -0.623. The normalized spacial score (nSPS) is 11.8. The van der Waals surface area contributed by atoms with Gasteiger partial charge in [0.05, 0.1) is 17.1 Å². The highest BCUT2D eigenvalue weighted by atomic mass is 32.2. The predicted molar refractivity (Wildman–Crippen MR) is 159 cm³/mol. The Morgan fingerprint density at radius 1 is 0.800 bits per heavy atom. The smallest absolute Gasteiger partial charge is 0.338 e. The van der Waals surface area contributed by atoms with Gasteiger partial charge in [0.2, 0.25) is 5.91 Å². The first kappa shape index (κ1) is 28.9. The van der Waals surface area contributed by atoms with Gasteiger partial charge in [-0.15, -0.1) is 11.8 Å². The zero-order valence-electron chi connectivity index (χ0n) is 21.9. The van der Waals surface area contributed by atoms with Gasteiger partial charge < -0.3 is 10.1 Å². The van der Waals surface area contributed by atoms with Crippen molar-refractivity contribution in [1.82, 2.24) is 0 Å². The average Bonchev–Trinajstić information content (AvgIpc) is 2.98. The molecule has 9 heteroatoms. The molecule has 0 saturated carbocycles. The number of carbonyl (C=O) groups excluding carboxylic acids is 2. The van der Waals surface area contributed by atoms with E-state index >= 15 is 0 Å². The van der Waals surface area contributed by atoms with Gasteiger partial charge in [-0.25, -0.2) is 13.2 Å². The van der Waals surface area contributed by atoms with Gasteiger partial charge in [0.1, 0.15) is 5.25 Å². The molecule has 0 aliphatic carbocycles. The molecule has 1 amide bonds. The fourth-order valence-corrected chi connectivity index (χ4v) is 5.85. The topological polar surface area (TPSA) is 102 Å². The average molecular weight is 575 g/mol. The lowest BCUT2D eigenvalue weighted by Crippen LogP contribution is -2.19. The van der Waals surface area contributed by atoms with Crippen molar-refractivity contribution in [3.05, 3.63) is 120 Å². The van der Waals surface area contributed by atoms with E-state index in [1.807, 2.05) is 37.3 Å². The van der Waals surface area contributed by atoms with Gasteiger partial charge in [-0.3, -0.25) is 9.52 Å². The summed E-state index contributed by atoms with van der Waals surface area (Å²) >= 11 is 1.35. The van der Waals surface area contributed by atoms with Crippen LogP contribution in [-0.2, 0) is 19.6 Å². The maximum Gasteiger partial charge on any atom is 0.338 e. The molecule has 0 saturated heterocycles. The first-order valence-corrected chi connectivity index (χ1v) is 15.2. The van der Waals surface area contributed by atoms with E-state index < -0.39 is 21.2 Å². The SMILES string of the molecule is CCCCOC(=O)c1ccc(NC(=O)C(Sc2ccc(NS(=O)(=O)c3ccccc3)cc2)c2ccccc2)cc1. The third-order valence-corrected chi connectivity index (χ3v) is 8.54. The molecular weight excluding hydrogens is 544 g/mol. The Labute approximate surface area is 239 Å². The number of ether oxygens (including phenoxy) is 1. The number of benzene rings is 4. The second kappa shape index (κ2) is 13.8. The van der Waals surface area contributed by atoms with Crippen LogP contribution >= 0.6 is 11.8 Å². The van der Waals surface area contributed by atoms with E-state index in [1.54, 1.807) is 66.7 Å². The van der Waals surface area contributed by atoms with E-state index in [1.165, 1.54) is 23.9 Å². The molecule has 0 heterocycles. The van der Waals surface area contributed by atoms with E-state index in [2.05, 4.69) is 10.0 Å². The Balaban J connectivity index is 1.45.